The minimum Gasteiger partial charge on any atom is -0.507 e. The van der Waals surface area contributed by atoms with Gasteiger partial charge in [0.25, 0.3) is 0 Å². The summed E-state index contributed by atoms with van der Waals surface area (Å²) in [6, 6.07) is 13.7. The van der Waals surface area contributed by atoms with E-state index >= 15 is 0 Å². The summed E-state index contributed by atoms with van der Waals surface area (Å²) < 4.78 is 5.15. The summed E-state index contributed by atoms with van der Waals surface area (Å²) in [4.78, 5) is 11.9. The number of hydrogen-bond donors (Lipinski definition) is 3. The molecular weight excluding hydrogens is 288 g/mol. The van der Waals surface area contributed by atoms with Crippen LogP contribution in [0.2, 0.25) is 0 Å². The second-order valence-corrected chi connectivity index (χ2v) is 4.72. The molecule has 0 spiro atoms. The second kappa shape index (κ2) is 6.71. The van der Waals surface area contributed by atoms with Gasteiger partial charge in [-0.2, -0.15) is 0 Å². The van der Waals surface area contributed by atoms with Gasteiger partial charge in [0.2, 0.25) is 0 Å². The number of phenolic OH excluding ortho intramolecular Hbond substituents is 1. The van der Waals surface area contributed by atoms with Crippen LogP contribution in [-0.2, 0) is 11.3 Å². The highest BCUT2D eigenvalue weighted by Crippen LogP contribution is 2.23. The number of nitrogens with two attached hydrogens (primary N) is 1. The van der Waals surface area contributed by atoms with Crippen molar-refractivity contribution in [1.82, 2.24) is 0 Å². The van der Waals surface area contributed by atoms with Gasteiger partial charge in [0, 0.05) is 11.8 Å². The lowest BCUT2D eigenvalue weighted by Gasteiger charge is -2.09. The van der Waals surface area contributed by atoms with Crippen LogP contribution in [0.5, 0.6) is 5.75 Å². The molecule has 0 aromatic heterocycles. The van der Waals surface area contributed by atoms with Crippen LogP contribution in [0.3, 0.4) is 0 Å². The fraction of sp³-hybridized carbons (Fsp3) is 0.0667. The first-order valence-electron chi connectivity index (χ1n) is 6.17. The molecule has 0 radical (unpaired) electrons. The van der Waals surface area contributed by atoms with Crippen molar-refractivity contribution >= 4 is 29.0 Å². The normalized spacial score (nSPS) is 9.90. The Hall–Kier alpha value is -2.60. The van der Waals surface area contributed by atoms with Gasteiger partial charge >= 0.3 is 5.97 Å². The fourth-order valence-electron chi connectivity index (χ4n) is 1.73. The molecule has 6 heteroatoms. The van der Waals surface area contributed by atoms with Crippen molar-refractivity contribution in [1.29, 1.82) is 0 Å². The first kappa shape index (κ1) is 14.8. The van der Waals surface area contributed by atoms with Crippen LogP contribution in [-0.4, -0.2) is 16.2 Å². The predicted molar refractivity (Wildman–Crippen MR) is 84.1 cm³/mol. The molecule has 0 heterocycles. The number of rotatable bonds is 4. The highest BCUT2D eigenvalue weighted by atomic mass is 32.1. The lowest BCUT2D eigenvalue weighted by molar-refractivity contribution is 0.0469. The number of carbonyl (C=O) groups is 1. The zero-order valence-corrected chi connectivity index (χ0v) is 11.9. The molecule has 0 aliphatic rings. The van der Waals surface area contributed by atoms with Gasteiger partial charge in [0.05, 0.1) is 0 Å². The van der Waals surface area contributed by atoms with Crippen LogP contribution in [0.25, 0.3) is 0 Å². The SMILES string of the molecule is NC(=S)Nc1ccc(C(=O)OCc2ccccc2)c(O)c1. The van der Waals surface area contributed by atoms with Crippen LogP contribution in [0.15, 0.2) is 48.5 Å². The lowest BCUT2D eigenvalue weighted by Crippen LogP contribution is -2.18. The van der Waals surface area contributed by atoms with Crippen LogP contribution in [0.1, 0.15) is 15.9 Å². The molecule has 2 rings (SSSR count). The molecule has 0 fully saturated rings. The van der Waals surface area contributed by atoms with Crippen molar-refractivity contribution < 1.29 is 14.6 Å². The van der Waals surface area contributed by atoms with Crippen molar-refractivity contribution in [2.45, 2.75) is 6.61 Å². The van der Waals surface area contributed by atoms with Gasteiger partial charge in [0.1, 0.15) is 17.9 Å². The highest BCUT2D eigenvalue weighted by molar-refractivity contribution is 7.80. The van der Waals surface area contributed by atoms with Crippen molar-refractivity contribution in [3.8, 4) is 5.75 Å². The van der Waals surface area contributed by atoms with E-state index in [0.29, 0.717) is 5.69 Å². The van der Waals surface area contributed by atoms with Crippen LogP contribution in [0, 0.1) is 0 Å². The summed E-state index contributed by atoms with van der Waals surface area (Å²) in [5.41, 5.74) is 6.79. The summed E-state index contributed by atoms with van der Waals surface area (Å²) in [6.07, 6.45) is 0. The van der Waals surface area contributed by atoms with Gasteiger partial charge in [-0.05, 0) is 29.9 Å². The van der Waals surface area contributed by atoms with Gasteiger partial charge in [-0.3, -0.25) is 0 Å². The first-order valence-corrected chi connectivity index (χ1v) is 6.57. The van der Waals surface area contributed by atoms with Gasteiger partial charge in [-0.15, -0.1) is 0 Å². The number of ether oxygens (including phenoxy) is 1. The number of carbonyl (C=O) groups excluding carboxylic acids is 1. The summed E-state index contributed by atoms with van der Waals surface area (Å²) in [7, 11) is 0. The zero-order valence-electron chi connectivity index (χ0n) is 11.1. The molecule has 5 nitrogen and oxygen atoms in total. The minimum absolute atomic E-state index is 0.0776. The average Bonchev–Trinajstić information content (AvgIpc) is 2.45. The molecule has 21 heavy (non-hydrogen) atoms. The maximum absolute atomic E-state index is 11.9. The van der Waals surface area contributed by atoms with Gasteiger partial charge in [0.15, 0.2) is 5.11 Å². The van der Waals surface area contributed by atoms with Gasteiger partial charge in [-0.1, -0.05) is 30.3 Å². The molecule has 4 N–H and O–H groups in total. The predicted octanol–water partition coefficient (Wildman–Crippen LogP) is 2.40. The first-order chi connectivity index (χ1) is 10.1. The largest absolute Gasteiger partial charge is 0.507 e. The quantitative estimate of drug-likeness (QED) is 0.594. The van der Waals surface area contributed by atoms with Crippen molar-refractivity contribution in [3.05, 3.63) is 59.7 Å². The van der Waals surface area contributed by atoms with Crippen LogP contribution in [0.4, 0.5) is 5.69 Å². The standard InChI is InChI=1S/C15H14N2O3S/c16-15(21)17-11-6-7-12(13(18)8-11)14(19)20-9-10-4-2-1-3-5-10/h1-8,18H,9H2,(H3,16,17,21). The van der Waals surface area contributed by atoms with Crippen molar-refractivity contribution in [2.24, 2.45) is 5.73 Å². The zero-order chi connectivity index (χ0) is 15.2. The summed E-state index contributed by atoms with van der Waals surface area (Å²) >= 11 is 4.69. The average molecular weight is 302 g/mol. The molecule has 0 saturated carbocycles. The molecular formula is C15H14N2O3S. The van der Waals surface area contributed by atoms with Gasteiger partial charge in [-0.25, -0.2) is 4.79 Å². The van der Waals surface area contributed by atoms with E-state index in [0.717, 1.165) is 5.56 Å². The topological polar surface area (TPSA) is 84.6 Å². The Morgan fingerprint density at radius 2 is 1.95 bits per heavy atom. The highest BCUT2D eigenvalue weighted by Gasteiger charge is 2.13. The van der Waals surface area contributed by atoms with E-state index in [2.05, 4.69) is 5.32 Å². The van der Waals surface area contributed by atoms with E-state index in [1.807, 2.05) is 30.3 Å². The maximum atomic E-state index is 11.9. The summed E-state index contributed by atoms with van der Waals surface area (Å²) in [5, 5.41) is 12.6. The Balaban J connectivity index is 2.04. The van der Waals surface area contributed by atoms with Crippen LogP contribution < -0.4 is 11.1 Å². The van der Waals surface area contributed by atoms with E-state index in [4.69, 9.17) is 22.7 Å². The number of aromatic hydroxyl groups is 1. The third-order valence-electron chi connectivity index (χ3n) is 2.70. The van der Waals surface area contributed by atoms with E-state index in [9.17, 15) is 9.90 Å². The second-order valence-electron chi connectivity index (χ2n) is 4.28. The van der Waals surface area contributed by atoms with E-state index in [-0.39, 0.29) is 23.0 Å². The number of phenols is 1. The lowest BCUT2D eigenvalue weighted by atomic mass is 10.2. The number of thiocarbonyl (C=S) groups is 1. The molecule has 2 aromatic rings. The molecule has 0 unspecified atom stereocenters. The Bertz CT molecular complexity index is 659. The molecule has 0 aliphatic heterocycles. The third kappa shape index (κ3) is 4.19. The van der Waals surface area contributed by atoms with Crippen LogP contribution >= 0.6 is 12.2 Å². The minimum atomic E-state index is -0.599. The van der Waals surface area contributed by atoms with E-state index < -0.39 is 5.97 Å². The smallest absolute Gasteiger partial charge is 0.342 e. The molecule has 2 aromatic carbocycles. The third-order valence-corrected chi connectivity index (χ3v) is 2.80. The maximum Gasteiger partial charge on any atom is 0.342 e. The summed E-state index contributed by atoms with van der Waals surface area (Å²) in [5.74, 6) is -0.799. The van der Waals surface area contributed by atoms with Crippen molar-refractivity contribution in [3.63, 3.8) is 0 Å². The number of nitrogens with one attached hydrogen (secondary N) is 1. The molecule has 108 valence electrons. The molecule has 0 amide bonds. The molecule has 0 aliphatic carbocycles. The molecule has 0 atom stereocenters. The van der Waals surface area contributed by atoms with Crippen molar-refractivity contribution in [2.75, 3.05) is 5.32 Å². The Morgan fingerprint density at radius 3 is 2.57 bits per heavy atom. The molecule has 0 bridgehead atoms. The number of hydrogen-bond acceptors (Lipinski definition) is 4. The number of benzene rings is 2. The molecule has 0 saturated heterocycles. The van der Waals surface area contributed by atoms with E-state index in [1.165, 1.54) is 12.1 Å². The monoisotopic (exact) mass is 302 g/mol. The Morgan fingerprint density at radius 1 is 1.24 bits per heavy atom. The Labute approximate surface area is 127 Å². The Kier molecular flexibility index (Phi) is 4.73. The number of anilines is 1. The summed E-state index contributed by atoms with van der Waals surface area (Å²) in [6.45, 7) is 0.145. The number of esters is 1. The fourth-order valence-corrected chi connectivity index (χ4v) is 1.84. The van der Waals surface area contributed by atoms with E-state index in [1.54, 1.807) is 6.07 Å². The van der Waals surface area contributed by atoms with Gasteiger partial charge < -0.3 is 20.9 Å².